The Morgan fingerprint density at radius 3 is 2.31 bits per heavy atom. The molecule has 0 aliphatic rings. The van der Waals surface area contributed by atoms with Crippen molar-refractivity contribution in [3.05, 3.63) is 59.7 Å². The molecule has 5 nitrogen and oxygen atoms in total. The van der Waals surface area contributed by atoms with Crippen LogP contribution in [0, 0.1) is 0 Å². The average molecular weight is 356 g/mol. The van der Waals surface area contributed by atoms with E-state index in [4.69, 9.17) is 9.47 Å². The summed E-state index contributed by atoms with van der Waals surface area (Å²) in [6, 6.07) is 15.1. The summed E-state index contributed by atoms with van der Waals surface area (Å²) in [5, 5.41) is 3.01. The van der Waals surface area contributed by atoms with E-state index in [1.165, 1.54) is 0 Å². The van der Waals surface area contributed by atoms with Crippen LogP contribution < -0.4 is 14.8 Å². The van der Waals surface area contributed by atoms with Crippen LogP contribution in [-0.4, -0.2) is 44.7 Å². The maximum atomic E-state index is 12.5. The lowest BCUT2D eigenvalue weighted by atomic mass is 10.0. The third-order valence-corrected chi connectivity index (χ3v) is 4.07. The number of hydrogen-bond donors (Lipinski definition) is 1. The van der Waals surface area contributed by atoms with Crippen LogP contribution in [-0.2, 0) is 0 Å². The van der Waals surface area contributed by atoms with Crippen molar-refractivity contribution in [2.45, 2.75) is 26.0 Å². The van der Waals surface area contributed by atoms with Gasteiger partial charge >= 0.3 is 0 Å². The molecular weight excluding hydrogens is 328 g/mol. The molecule has 140 valence electrons. The van der Waals surface area contributed by atoms with Crippen molar-refractivity contribution in [2.75, 3.05) is 27.7 Å². The van der Waals surface area contributed by atoms with Crippen molar-refractivity contribution in [3.63, 3.8) is 0 Å². The Hall–Kier alpha value is -2.53. The van der Waals surface area contributed by atoms with Crippen LogP contribution in [0.15, 0.2) is 48.5 Å². The van der Waals surface area contributed by atoms with Gasteiger partial charge in [0.25, 0.3) is 5.91 Å². The number of para-hydroxylation sites is 1. The quantitative estimate of drug-likeness (QED) is 0.786. The van der Waals surface area contributed by atoms with Gasteiger partial charge in [-0.15, -0.1) is 0 Å². The lowest BCUT2D eigenvalue weighted by Gasteiger charge is -2.26. The van der Waals surface area contributed by atoms with Gasteiger partial charge in [-0.1, -0.05) is 18.2 Å². The minimum atomic E-state index is -0.108. The van der Waals surface area contributed by atoms with E-state index < -0.39 is 0 Å². The van der Waals surface area contributed by atoms with E-state index in [1.807, 2.05) is 64.3 Å². The van der Waals surface area contributed by atoms with Gasteiger partial charge in [0.05, 0.1) is 19.3 Å². The molecule has 0 saturated heterocycles. The summed E-state index contributed by atoms with van der Waals surface area (Å²) in [6.45, 7) is 4.43. The van der Waals surface area contributed by atoms with E-state index >= 15 is 0 Å². The standard InChI is InChI=1S/C21H28N2O3/c1-15(2)26-17-12-10-16(11-13-17)21(24)22-14-19(23(3)4)18-8-6-7-9-20(18)25-5/h6-13,15,19H,14H2,1-5H3,(H,22,24). The van der Waals surface area contributed by atoms with Crippen molar-refractivity contribution in [3.8, 4) is 11.5 Å². The van der Waals surface area contributed by atoms with Gasteiger partial charge in [-0.2, -0.15) is 0 Å². The lowest BCUT2D eigenvalue weighted by Crippen LogP contribution is -2.34. The van der Waals surface area contributed by atoms with Crippen LogP contribution in [0.25, 0.3) is 0 Å². The fourth-order valence-electron chi connectivity index (χ4n) is 2.76. The Morgan fingerprint density at radius 2 is 1.73 bits per heavy atom. The predicted octanol–water partition coefficient (Wildman–Crippen LogP) is 3.52. The molecule has 26 heavy (non-hydrogen) atoms. The number of rotatable bonds is 8. The summed E-state index contributed by atoms with van der Waals surface area (Å²) in [7, 11) is 5.63. The molecule has 2 aromatic carbocycles. The van der Waals surface area contributed by atoms with Gasteiger partial charge in [0.2, 0.25) is 0 Å². The zero-order chi connectivity index (χ0) is 19.1. The molecule has 1 N–H and O–H groups in total. The lowest BCUT2D eigenvalue weighted by molar-refractivity contribution is 0.0941. The molecule has 0 aromatic heterocycles. The highest BCUT2D eigenvalue weighted by atomic mass is 16.5. The number of nitrogens with zero attached hydrogens (tertiary/aromatic N) is 1. The van der Waals surface area contributed by atoms with Crippen molar-refractivity contribution in [2.24, 2.45) is 0 Å². The Bertz CT molecular complexity index is 711. The summed E-state index contributed by atoms with van der Waals surface area (Å²) in [6.07, 6.45) is 0.108. The molecule has 1 amide bonds. The average Bonchev–Trinajstić information content (AvgIpc) is 2.62. The molecule has 2 aromatic rings. The van der Waals surface area contributed by atoms with Crippen molar-refractivity contribution in [1.82, 2.24) is 10.2 Å². The highest BCUT2D eigenvalue weighted by Crippen LogP contribution is 2.27. The second kappa shape index (κ2) is 9.25. The van der Waals surface area contributed by atoms with Crippen LogP contribution >= 0.6 is 0 Å². The molecule has 2 rings (SSSR count). The molecule has 0 aliphatic heterocycles. The SMILES string of the molecule is COc1ccccc1C(CNC(=O)c1ccc(OC(C)C)cc1)N(C)C. The number of methoxy groups -OCH3 is 1. The molecule has 0 saturated carbocycles. The largest absolute Gasteiger partial charge is 0.496 e. The fraction of sp³-hybridized carbons (Fsp3) is 0.381. The van der Waals surface area contributed by atoms with E-state index in [-0.39, 0.29) is 18.1 Å². The minimum Gasteiger partial charge on any atom is -0.496 e. The summed E-state index contributed by atoms with van der Waals surface area (Å²) in [5.74, 6) is 1.47. The number of ether oxygens (including phenoxy) is 2. The molecular formula is C21H28N2O3. The number of hydrogen-bond acceptors (Lipinski definition) is 4. The van der Waals surface area contributed by atoms with Crippen LogP contribution in [0.3, 0.4) is 0 Å². The normalized spacial score (nSPS) is 12.1. The molecule has 1 unspecified atom stereocenters. The number of carbonyl (C=O) groups excluding carboxylic acids is 1. The zero-order valence-corrected chi connectivity index (χ0v) is 16.2. The van der Waals surface area contributed by atoms with E-state index in [1.54, 1.807) is 19.2 Å². The molecule has 0 aliphatic carbocycles. The second-order valence-corrected chi connectivity index (χ2v) is 6.62. The van der Waals surface area contributed by atoms with Crippen LogP contribution in [0.2, 0.25) is 0 Å². The third-order valence-electron chi connectivity index (χ3n) is 4.07. The maximum absolute atomic E-state index is 12.5. The van der Waals surface area contributed by atoms with Gasteiger partial charge in [0.1, 0.15) is 11.5 Å². The first-order chi connectivity index (χ1) is 12.4. The van der Waals surface area contributed by atoms with Gasteiger partial charge in [-0.25, -0.2) is 0 Å². The molecule has 5 heteroatoms. The topological polar surface area (TPSA) is 50.8 Å². The summed E-state index contributed by atoms with van der Waals surface area (Å²) in [4.78, 5) is 14.6. The Balaban J connectivity index is 2.05. The van der Waals surface area contributed by atoms with E-state index in [0.29, 0.717) is 12.1 Å². The van der Waals surface area contributed by atoms with Crippen molar-refractivity contribution >= 4 is 5.91 Å². The van der Waals surface area contributed by atoms with Gasteiger partial charge in [-0.3, -0.25) is 4.79 Å². The summed E-state index contributed by atoms with van der Waals surface area (Å²) < 4.78 is 11.1. The highest BCUT2D eigenvalue weighted by molar-refractivity contribution is 5.94. The van der Waals surface area contributed by atoms with Crippen LogP contribution in [0.4, 0.5) is 0 Å². The summed E-state index contributed by atoms with van der Waals surface area (Å²) >= 11 is 0. The van der Waals surface area contributed by atoms with Gasteiger partial charge in [0, 0.05) is 17.7 Å². The zero-order valence-electron chi connectivity index (χ0n) is 16.2. The Morgan fingerprint density at radius 1 is 1.08 bits per heavy atom. The predicted molar refractivity (Wildman–Crippen MR) is 104 cm³/mol. The van der Waals surface area contributed by atoms with Gasteiger partial charge < -0.3 is 19.7 Å². The minimum absolute atomic E-state index is 0.0126. The molecule has 1 atom stereocenters. The second-order valence-electron chi connectivity index (χ2n) is 6.62. The van der Waals surface area contributed by atoms with Gasteiger partial charge in [-0.05, 0) is 58.3 Å². The third kappa shape index (κ3) is 5.23. The van der Waals surface area contributed by atoms with E-state index in [9.17, 15) is 4.79 Å². The number of nitrogens with one attached hydrogen (secondary N) is 1. The number of benzene rings is 2. The smallest absolute Gasteiger partial charge is 0.251 e. The molecule has 0 radical (unpaired) electrons. The first-order valence-corrected chi connectivity index (χ1v) is 8.76. The highest BCUT2D eigenvalue weighted by Gasteiger charge is 2.19. The van der Waals surface area contributed by atoms with E-state index in [2.05, 4.69) is 10.2 Å². The molecule has 0 spiro atoms. The Kier molecular flexibility index (Phi) is 7.04. The van der Waals surface area contributed by atoms with Crippen molar-refractivity contribution < 1.29 is 14.3 Å². The van der Waals surface area contributed by atoms with E-state index in [0.717, 1.165) is 17.1 Å². The first-order valence-electron chi connectivity index (χ1n) is 8.76. The maximum Gasteiger partial charge on any atom is 0.251 e. The molecule has 0 heterocycles. The number of likely N-dealkylation sites (N-methyl/N-ethyl adjacent to an activating group) is 1. The van der Waals surface area contributed by atoms with Crippen LogP contribution in [0.1, 0.15) is 35.8 Å². The van der Waals surface area contributed by atoms with Crippen LogP contribution in [0.5, 0.6) is 11.5 Å². The Labute approximate surface area is 155 Å². The molecule has 0 bridgehead atoms. The monoisotopic (exact) mass is 356 g/mol. The number of amides is 1. The van der Waals surface area contributed by atoms with Crippen molar-refractivity contribution in [1.29, 1.82) is 0 Å². The molecule has 0 fully saturated rings. The fourth-order valence-corrected chi connectivity index (χ4v) is 2.76. The summed E-state index contributed by atoms with van der Waals surface area (Å²) in [5.41, 5.74) is 1.65. The first kappa shape index (κ1) is 19.8. The van der Waals surface area contributed by atoms with Gasteiger partial charge in [0.15, 0.2) is 0 Å². The number of carbonyl (C=O) groups is 1.